The van der Waals surface area contributed by atoms with Crippen LogP contribution in [0.1, 0.15) is 42.6 Å². The van der Waals surface area contributed by atoms with Crippen LogP contribution >= 0.6 is 58.0 Å². The highest BCUT2D eigenvalue weighted by atomic mass is 35.5. The van der Waals surface area contributed by atoms with Crippen LogP contribution in [-0.2, 0) is 9.53 Å². The van der Waals surface area contributed by atoms with Gasteiger partial charge in [0.25, 0.3) is 5.91 Å². The molecule has 1 saturated carbocycles. The largest absolute Gasteiger partial charge is 0.443 e. The van der Waals surface area contributed by atoms with E-state index in [4.69, 9.17) is 62.7 Å². The molecule has 0 bridgehead atoms. The van der Waals surface area contributed by atoms with E-state index in [1.54, 1.807) is 39.0 Å². The van der Waals surface area contributed by atoms with Crippen molar-refractivity contribution in [1.29, 1.82) is 0 Å². The lowest BCUT2D eigenvalue weighted by Crippen LogP contribution is -2.34. The Kier molecular flexibility index (Phi) is 9.26. The standard InChI is InChI=1S/C29H25Cl5FN3O4/c1-28(2,3)42-27(41)38(4)18-6-8-22(21(35)13-18)37-25(39)19-12-17(5-7-20(19)32)36-26(40)24-23(29(24,33)34)14-9-15(30)11-16(31)10-14/h5-13,23-24H,1-4H3,(H,36,40)(H,37,39)/t23-,24+/m0/s1. The second kappa shape index (κ2) is 12.1. The van der Waals surface area contributed by atoms with Gasteiger partial charge in [0, 0.05) is 34.4 Å². The Bertz CT molecular complexity index is 1560. The van der Waals surface area contributed by atoms with Gasteiger partial charge in [0.05, 0.1) is 22.2 Å². The second-order valence-electron chi connectivity index (χ2n) is 10.7. The van der Waals surface area contributed by atoms with Gasteiger partial charge >= 0.3 is 6.09 Å². The number of rotatable bonds is 6. The molecule has 7 nitrogen and oxygen atoms in total. The number of anilines is 3. The van der Waals surface area contributed by atoms with Crippen molar-refractivity contribution in [3.8, 4) is 0 Å². The summed E-state index contributed by atoms with van der Waals surface area (Å²) in [6, 6.07) is 12.9. The van der Waals surface area contributed by atoms with E-state index < -0.39 is 45.5 Å². The summed E-state index contributed by atoms with van der Waals surface area (Å²) < 4.78 is 18.8. The number of hydrogen-bond acceptors (Lipinski definition) is 4. The van der Waals surface area contributed by atoms with E-state index in [2.05, 4.69) is 10.6 Å². The maximum atomic E-state index is 14.9. The Labute approximate surface area is 267 Å². The van der Waals surface area contributed by atoms with Crippen LogP contribution in [0.15, 0.2) is 54.6 Å². The third-order valence-corrected chi connectivity index (χ3v) is 8.02. The molecule has 222 valence electrons. The Morgan fingerprint density at radius 3 is 2.17 bits per heavy atom. The topological polar surface area (TPSA) is 87.7 Å². The third-order valence-electron chi connectivity index (χ3n) is 6.31. The average molecular weight is 676 g/mol. The van der Waals surface area contributed by atoms with E-state index >= 15 is 0 Å². The maximum Gasteiger partial charge on any atom is 0.414 e. The van der Waals surface area contributed by atoms with E-state index in [1.807, 2.05) is 0 Å². The highest BCUT2D eigenvalue weighted by Crippen LogP contribution is 2.65. The molecule has 1 aliphatic carbocycles. The summed E-state index contributed by atoms with van der Waals surface area (Å²) in [5.41, 5.74) is 0.160. The molecule has 1 aliphatic rings. The molecule has 0 saturated heterocycles. The highest BCUT2D eigenvalue weighted by Gasteiger charge is 2.67. The van der Waals surface area contributed by atoms with Crippen molar-refractivity contribution in [2.24, 2.45) is 5.92 Å². The SMILES string of the molecule is CN(C(=O)OC(C)(C)C)c1ccc(NC(=O)c2cc(NC(=O)[C@H]3[C@H](c4cc(Cl)cc(Cl)c4)C3(Cl)Cl)ccc2Cl)c(F)c1. The summed E-state index contributed by atoms with van der Waals surface area (Å²) >= 11 is 31.3. The number of nitrogens with zero attached hydrogens (tertiary/aromatic N) is 1. The van der Waals surface area contributed by atoms with Crippen LogP contribution in [0.2, 0.25) is 15.1 Å². The van der Waals surface area contributed by atoms with E-state index in [1.165, 1.54) is 37.4 Å². The lowest BCUT2D eigenvalue weighted by atomic mass is 10.1. The van der Waals surface area contributed by atoms with Gasteiger partial charge in [-0.3, -0.25) is 14.5 Å². The van der Waals surface area contributed by atoms with Crippen LogP contribution in [0.5, 0.6) is 0 Å². The fourth-order valence-corrected chi connectivity index (χ4v) is 5.83. The monoisotopic (exact) mass is 673 g/mol. The zero-order valence-corrected chi connectivity index (χ0v) is 26.5. The van der Waals surface area contributed by atoms with E-state index in [-0.39, 0.29) is 27.6 Å². The first-order chi connectivity index (χ1) is 19.5. The number of hydrogen-bond donors (Lipinski definition) is 2. The summed E-state index contributed by atoms with van der Waals surface area (Å²) in [5.74, 6) is -3.41. The van der Waals surface area contributed by atoms with Crippen molar-refractivity contribution in [2.45, 2.75) is 36.6 Å². The van der Waals surface area contributed by atoms with Crippen molar-refractivity contribution < 1.29 is 23.5 Å². The molecule has 1 fully saturated rings. The summed E-state index contributed by atoms with van der Waals surface area (Å²) in [6.45, 7) is 5.14. The van der Waals surface area contributed by atoms with Crippen LogP contribution in [0.25, 0.3) is 0 Å². The lowest BCUT2D eigenvalue weighted by Gasteiger charge is -2.24. The number of amides is 3. The lowest BCUT2D eigenvalue weighted by molar-refractivity contribution is -0.117. The van der Waals surface area contributed by atoms with E-state index in [9.17, 15) is 18.8 Å². The summed E-state index contributed by atoms with van der Waals surface area (Å²) in [4.78, 5) is 39.6. The molecule has 0 unspecified atom stereocenters. The molecule has 4 rings (SSSR count). The van der Waals surface area contributed by atoms with Gasteiger partial charge in [0.15, 0.2) is 0 Å². The first-order valence-corrected chi connectivity index (χ1v) is 14.4. The zero-order chi connectivity index (χ0) is 31.1. The Hall–Kier alpha value is -2.75. The smallest absolute Gasteiger partial charge is 0.414 e. The fraction of sp³-hybridized carbons (Fsp3) is 0.276. The first-order valence-electron chi connectivity index (χ1n) is 12.5. The Balaban J connectivity index is 1.46. The second-order valence-corrected chi connectivity index (χ2v) is 13.4. The fourth-order valence-electron chi connectivity index (χ4n) is 4.26. The third kappa shape index (κ3) is 7.24. The van der Waals surface area contributed by atoms with E-state index in [0.717, 1.165) is 11.0 Å². The molecule has 13 heteroatoms. The molecule has 3 aromatic carbocycles. The van der Waals surface area contributed by atoms with Crippen LogP contribution < -0.4 is 15.5 Å². The van der Waals surface area contributed by atoms with Gasteiger partial charge in [-0.15, -0.1) is 23.2 Å². The quantitative estimate of drug-likeness (QED) is 0.256. The Morgan fingerprint density at radius 2 is 1.57 bits per heavy atom. The normalized spacial score (nSPS) is 17.3. The molecule has 2 N–H and O–H groups in total. The highest BCUT2D eigenvalue weighted by molar-refractivity contribution is 6.53. The molecule has 2 atom stereocenters. The van der Waals surface area contributed by atoms with Gasteiger partial charge < -0.3 is 15.4 Å². The number of carbonyl (C=O) groups excluding carboxylic acids is 3. The molecular formula is C29H25Cl5FN3O4. The van der Waals surface area contributed by atoms with Crippen molar-refractivity contribution in [3.63, 3.8) is 0 Å². The molecule has 3 aromatic rings. The number of halogens is 6. The van der Waals surface area contributed by atoms with Gasteiger partial charge in [-0.1, -0.05) is 34.8 Å². The Morgan fingerprint density at radius 1 is 0.929 bits per heavy atom. The molecule has 42 heavy (non-hydrogen) atoms. The molecule has 3 amide bonds. The van der Waals surface area contributed by atoms with Crippen LogP contribution in [0.3, 0.4) is 0 Å². The minimum Gasteiger partial charge on any atom is -0.443 e. The zero-order valence-electron chi connectivity index (χ0n) is 22.7. The van der Waals surface area contributed by atoms with Gasteiger partial charge in [-0.25, -0.2) is 9.18 Å². The van der Waals surface area contributed by atoms with Crippen LogP contribution in [0, 0.1) is 11.7 Å². The number of ether oxygens (including phenoxy) is 1. The van der Waals surface area contributed by atoms with Gasteiger partial charge in [-0.05, 0) is 80.9 Å². The molecule has 0 aliphatic heterocycles. The summed E-state index contributed by atoms with van der Waals surface area (Å²) in [6.07, 6.45) is -0.668. The number of benzene rings is 3. The summed E-state index contributed by atoms with van der Waals surface area (Å²) in [7, 11) is 1.44. The number of alkyl halides is 2. The predicted octanol–water partition coefficient (Wildman–Crippen LogP) is 8.94. The van der Waals surface area contributed by atoms with E-state index in [0.29, 0.717) is 15.6 Å². The molecule has 0 heterocycles. The van der Waals surface area contributed by atoms with Crippen molar-refractivity contribution in [3.05, 3.63) is 86.6 Å². The average Bonchev–Trinajstić information content (AvgIpc) is 3.46. The van der Waals surface area contributed by atoms with Gasteiger partial charge in [0.2, 0.25) is 5.91 Å². The molecular weight excluding hydrogens is 651 g/mol. The van der Waals surface area contributed by atoms with Crippen molar-refractivity contribution >= 4 is 93.0 Å². The minimum atomic E-state index is -1.40. The van der Waals surface area contributed by atoms with Crippen molar-refractivity contribution in [1.82, 2.24) is 0 Å². The number of nitrogens with one attached hydrogen (secondary N) is 2. The van der Waals surface area contributed by atoms with Gasteiger partial charge in [-0.2, -0.15) is 0 Å². The number of carbonyl (C=O) groups is 3. The summed E-state index contributed by atoms with van der Waals surface area (Å²) in [5, 5.41) is 5.97. The molecule has 0 spiro atoms. The van der Waals surface area contributed by atoms with Gasteiger partial charge in [0.1, 0.15) is 15.8 Å². The van der Waals surface area contributed by atoms with Crippen LogP contribution in [0.4, 0.5) is 26.2 Å². The molecule has 0 radical (unpaired) electrons. The van der Waals surface area contributed by atoms with Crippen molar-refractivity contribution in [2.75, 3.05) is 22.6 Å². The predicted molar refractivity (Wildman–Crippen MR) is 166 cm³/mol. The maximum absolute atomic E-state index is 14.9. The minimum absolute atomic E-state index is 0.0270. The molecule has 0 aromatic heterocycles. The van der Waals surface area contributed by atoms with Crippen LogP contribution in [-0.4, -0.2) is 34.9 Å². The first kappa shape index (κ1) is 32.2.